The van der Waals surface area contributed by atoms with E-state index in [0.29, 0.717) is 18.7 Å². The van der Waals surface area contributed by atoms with Gasteiger partial charge in [0.25, 0.3) is 5.91 Å². The molecule has 2 N–H and O–H groups in total. The van der Waals surface area contributed by atoms with Crippen LogP contribution in [0.1, 0.15) is 55.1 Å². The molecule has 0 bridgehead atoms. The SMILES string of the molecule is COc1ccc2[nH]c3c(c2c1)CCN1C(=O)N([C@@H](C)C(=O)N[C@H]2CCCc4ccccc42)C(=O)[C@]31C. The number of hydrogen-bond donors (Lipinski definition) is 2. The van der Waals surface area contributed by atoms with Crippen LogP contribution in [0.15, 0.2) is 42.5 Å². The van der Waals surface area contributed by atoms with Gasteiger partial charge < -0.3 is 19.9 Å². The third kappa shape index (κ3) is 3.09. The number of hydrogen-bond acceptors (Lipinski definition) is 4. The lowest BCUT2D eigenvalue weighted by molar-refractivity contribution is -0.139. The van der Waals surface area contributed by atoms with Crippen molar-refractivity contribution in [2.75, 3.05) is 13.7 Å². The molecule has 36 heavy (non-hydrogen) atoms. The Labute approximate surface area is 209 Å². The van der Waals surface area contributed by atoms with E-state index in [1.807, 2.05) is 36.4 Å². The van der Waals surface area contributed by atoms with Gasteiger partial charge in [-0.1, -0.05) is 24.3 Å². The summed E-state index contributed by atoms with van der Waals surface area (Å²) in [7, 11) is 1.62. The molecular weight excluding hydrogens is 456 g/mol. The largest absolute Gasteiger partial charge is 0.497 e. The molecule has 1 aliphatic carbocycles. The number of aromatic nitrogens is 1. The van der Waals surface area contributed by atoms with Gasteiger partial charge in [-0.15, -0.1) is 0 Å². The molecule has 1 aromatic heterocycles. The lowest BCUT2D eigenvalue weighted by atomic mass is 9.87. The molecule has 2 aliphatic heterocycles. The van der Waals surface area contributed by atoms with E-state index in [2.05, 4.69) is 16.4 Å². The molecule has 186 valence electrons. The second-order valence-electron chi connectivity index (χ2n) is 10.1. The van der Waals surface area contributed by atoms with E-state index >= 15 is 0 Å². The first-order chi connectivity index (χ1) is 17.3. The highest BCUT2D eigenvalue weighted by Gasteiger charge is 2.60. The fourth-order valence-corrected chi connectivity index (χ4v) is 6.23. The summed E-state index contributed by atoms with van der Waals surface area (Å²) in [5.41, 5.74) is 3.79. The molecule has 0 radical (unpaired) electrons. The van der Waals surface area contributed by atoms with Gasteiger partial charge >= 0.3 is 6.03 Å². The molecule has 3 aromatic rings. The van der Waals surface area contributed by atoms with E-state index in [-0.39, 0.29) is 17.9 Å². The highest BCUT2D eigenvalue weighted by molar-refractivity contribution is 6.11. The molecule has 1 saturated heterocycles. The number of aromatic amines is 1. The molecule has 0 spiro atoms. The van der Waals surface area contributed by atoms with Gasteiger partial charge in [-0.3, -0.25) is 9.59 Å². The Morgan fingerprint density at radius 1 is 1.19 bits per heavy atom. The number of aryl methyl sites for hydroxylation is 1. The monoisotopic (exact) mass is 486 g/mol. The van der Waals surface area contributed by atoms with E-state index < -0.39 is 17.6 Å². The van der Waals surface area contributed by atoms with Crippen molar-refractivity contribution < 1.29 is 19.1 Å². The quantitative estimate of drug-likeness (QED) is 0.549. The maximum Gasteiger partial charge on any atom is 0.328 e. The predicted molar refractivity (Wildman–Crippen MR) is 135 cm³/mol. The van der Waals surface area contributed by atoms with Crippen molar-refractivity contribution in [3.8, 4) is 5.75 Å². The van der Waals surface area contributed by atoms with Crippen molar-refractivity contribution in [3.63, 3.8) is 0 Å². The summed E-state index contributed by atoms with van der Waals surface area (Å²) in [5.74, 6) is 0.0454. The normalized spacial score (nSPS) is 23.8. The third-order valence-corrected chi connectivity index (χ3v) is 8.25. The van der Waals surface area contributed by atoms with Crippen LogP contribution in [0.3, 0.4) is 0 Å². The molecule has 3 atom stereocenters. The van der Waals surface area contributed by atoms with Crippen LogP contribution in [0.25, 0.3) is 10.9 Å². The first kappa shape index (κ1) is 22.6. The number of imide groups is 1. The highest BCUT2D eigenvalue weighted by atomic mass is 16.5. The fraction of sp³-hybridized carbons (Fsp3) is 0.393. The third-order valence-electron chi connectivity index (χ3n) is 8.25. The molecule has 8 nitrogen and oxygen atoms in total. The van der Waals surface area contributed by atoms with Crippen LogP contribution in [0.2, 0.25) is 0 Å². The van der Waals surface area contributed by atoms with Crippen LogP contribution in [-0.2, 0) is 28.0 Å². The molecule has 2 aromatic carbocycles. The maximum absolute atomic E-state index is 13.9. The standard InChI is InChI=1S/C28H30N4O4/c1-16(25(33)30-22-10-6-8-17-7-4-5-9-19(17)22)32-26(34)28(2)24-20(13-14-31(28)27(32)35)21-15-18(36-3)11-12-23(21)29-24/h4-5,7,9,11-12,15-16,22,29H,6,8,10,13-14H2,1-3H3,(H,30,33)/t16-,22-,28-/m0/s1. The van der Waals surface area contributed by atoms with Gasteiger partial charge in [0.2, 0.25) is 5.91 Å². The lowest BCUT2D eigenvalue weighted by Gasteiger charge is -2.36. The van der Waals surface area contributed by atoms with Crippen molar-refractivity contribution in [2.45, 2.75) is 57.2 Å². The zero-order valence-electron chi connectivity index (χ0n) is 20.8. The van der Waals surface area contributed by atoms with Crippen LogP contribution < -0.4 is 10.1 Å². The van der Waals surface area contributed by atoms with Crippen LogP contribution in [0.4, 0.5) is 4.79 Å². The maximum atomic E-state index is 13.9. The summed E-state index contributed by atoms with van der Waals surface area (Å²) >= 11 is 0. The fourth-order valence-electron chi connectivity index (χ4n) is 6.23. The molecule has 4 amide bonds. The summed E-state index contributed by atoms with van der Waals surface area (Å²) in [6, 6.07) is 12.4. The molecule has 3 aliphatic rings. The molecule has 6 rings (SSSR count). The minimum absolute atomic E-state index is 0.119. The topological polar surface area (TPSA) is 94.7 Å². The molecular formula is C28H30N4O4. The summed E-state index contributed by atoms with van der Waals surface area (Å²) in [4.78, 5) is 47.0. The van der Waals surface area contributed by atoms with E-state index in [0.717, 1.165) is 51.9 Å². The number of nitrogens with zero attached hydrogens (tertiary/aromatic N) is 2. The number of carbonyl (C=O) groups excluding carboxylic acids is 3. The van der Waals surface area contributed by atoms with Gasteiger partial charge in [0, 0.05) is 17.4 Å². The first-order valence-corrected chi connectivity index (χ1v) is 12.6. The van der Waals surface area contributed by atoms with Crippen LogP contribution in [-0.4, -0.2) is 52.3 Å². The number of carbonyl (C=O) groups is 3. The second kappa shape index (κ2) is 8.11. The van der Waals surface area contributed by atoms with Crippen molar-refractivity contribution in [2.24, 2.45) is 0 Å². The molecule has 3 heterocycles. The zero-order valence-corrected chi connectivity index (χ0v) is 20.8. The summed E-state index contributed by atoms with van der Waals surface area (Å²) in [6.45, 7) is 3.82. The number of H-pyrrole nitrogens is 1. The lowest BCUT2D eigenvalue weighted by Crippen LogP contribution is -2.50. The number of methoxy groups -OCH3 is 1. The smallest absolute Gasteiger partial charge is 0.328 e. The second-order valence-corrected chi connectivity index (χ2v) is 10.1. The Kier molecular flexibility index (Phi) is 5.10. The van der Waals surface area contributed by atoms with Crippen LogP contribution in [0, 0.1) is 0 Å². The Hall–Kier alpha value is -3.81. The van der Waals surface area contributed by atoms with Gasteiger partial charge in [0.05, 0.1) is 18.8 Å². The first-order valence-electron chi connectivity index (χ1n) is 12.6. The van der Waals surface area contributed by atoms with Crippen LogP contribution in [0.5, 0.6) is 5.75 Å². The number of nitrogens with one attached hydrogen (secondary N) is 2. The average molecular weight is 487 g/mol. The summed E-state index contributed by atoms with van der Waals surface area (Å²) in [6.07, 6.45) is 3.43. The molecule has 0 saturated carbocycles. The number of fused-ring (bicyclic) bond motifs is 6. The van der Waals surface area contributed by atoms with Gasteiger partial charge in [-0.05, 0) is 74.4 Å². The average Bonchev–Trinajstić information content (AvgIpc) is 3.36. The molecule has 8 heteroatoms. The van der Waals surface area contributed by atoms with Gasteiger partial charge in [0.15, 0.2) is 5.54 Å². The molecule has 1 fully saturated rings. The van der Waals surface area contributed by atoms with Gasteiger partial charge in [0.1, 0.15) is 11.8 Å². The Morgan fingerprint density at radius 2 is 2.00 bits per heavy atom. The highest BCUT2D eigenvalue weighted by Crippen LogP contribution is 2.45. The van der Waals surface area contributed by atoms with E-state index in [9.17, 15) is 14.4 Å². The number of amides is 4. The number of ether oxygens (including phenoxy) is 1. The van der Waals surface area contributed by atoms with Crippen LogP contribution >= 0.6 is 0 Å². The summed E-state index contributed by atoms with van der Waals surface area (Å²) < 4.78 is 5.39. The number of rotatable bonds is 4. The van der Waals surface area contributed by atoms with E-state index in [1.165, 1.54) is 5.56 Å². The Morgan fingerprint density at radius 3 is 2.81 bits per heavy atom. The predicted octanol–water partition coefficient (Wildman–Crippen LogP) is 3.79. The zero-order chi connectivity index (χ0) is 25.2. The van der Waals surface area contributed by atoms with Crippen molar-refractivity contribution in [1.29, 1.82) is 0 Å². The number of benzene rings is 2. The van der Waals surface area contributed by atoms with Crippen molar-refractivity contribution >= 4 is 28.7 Å². The summed E-state index contributed by atoms with van der Waals surface area (Å²) in [5, 5.41) is 4.11. The Balaban J connectivity index is 1.30. The number of urea groups is 1. The van der Waals surface area contributed by atoms with E-state index in [1.54, 1.807) is 25.9 Å². The van der Waals surface area contributed by atoms with Gasteiger partial charge in [-0.25, -0.2) is 9.69 Å². The van der Waals surface area contributed by atoms with Crippen molar-refractivity contribution in [1.82, 2.24) is 20.1 Å². The van der Waals surface area contributed by atoms with E-state index in [4.69, 9.17) is 4.74 Å². The van der Waals surface area contributed by atoms with Gasteiger partial charge in [-0.2, -0.15) is 0 Å². The Bertz CT molecular complexity index is 1410. The minimum atomic E-state index is -1.19. The van der Waals surface area contributed by atoms with Crippen molar-refractivity contribution in [3.05, 3.63) is 64.8 Å². The minimum Gasteiger partial charge on any atom is -0.497 e. The molecule has 0 unspecified atom stereocenters.